The van der Waals surface area contributed by atoms with Gasteiger partial charge in [0.05, 0.1) is 0 Å². The van der Waals surface area contributed by atoms with E-state index in [0.29, 0.717) is 23.6 Å². The summed E-state index contributed by atoms with van der Waals surface area (Å²) in [6.45, 7) is 1.93. The van der Waals surface area contributed by atoms with E-state index in [4.69, 9.17) is 9.47 Å². The molecular formula is C26H23NO3. The molecule has 30 heavy (non-hydrogen) atoms. The van der Waals surface area contributed by atoms with Crippen LogP contribution in [0.5, 0.6) is 17.2 Å². The molecular weight excluding hydrogens is 374 g/mol. The fourth-order valence-corrected chi connectivity index (χ4v) is 3.18. The molecule has 0 heterocycles. The molecule has 4 aromatic rings. The van der Waals surface area contributed by atoms with Gasteiger partial charge in [0.25, 0.3) is 5.91 Å². The molecule has 4 nitrogen and oxygen atoms in total. The summed E-state index contributed by atoms with van der Waals surface area (Å²) in [5.74, 6) is 1.98. The number of ether oxygens (including phenoxy) is 2. The summed E-state index contributed by atoms with van der Waals surface area (Å²) in [4.78, 5) is 12.7. The van der Waals surface area contributed by atoms with E-state index in [-0.39, 0.29) is 5.91 Å². The average molecular weight is 397 g/mol. The molecule has 0 aliphatic heterocycles. The second-order valence-electron chi connectivity index (χ2n) is 6.95. The second-order valence-corrected chi connectivity index (χ2v) is 6.95. The summed E-state index contributed by atoms with van der Waals surface area (Å²) in [5.41, 5.74) is 0.695. The van der Waals surface area contributed by atoms with Gasteiger partial charge in [-0.1, -0.05) is 55.5 Å². The molecule has 0 fully saturated rings. The summed E-state index contributed by atoms with van der Waals surface area (Å²) >= 11 is 0. The lowest BCUT2D eigenvalue weighted by Gasteiger charge is -2.18. The van der Waals surface area contributed by atoms with Crippen LogP contribution in [0, 0.1) is 0 Å². The maximum absolute atomic E-state index is 12.7. The van der Waals surface area contributed by atoms with E-state index in [1.54, 1.807) is 0 Å². The monoisotopic (exact) mass is 397 g/mol. The third kappa shape index (κ3) is 4.78. The van der Waals surface area contributed by atoms with E-state index < -0.39 is 6.10 Å². The van der Waals surface area contributed by atoms with Crippen molar-refractivity contribution >= 4 is 22.4 Å². The number of amides is 1. The minimum atomic E-state index is -0.577. The standard InChI is InChI=1S/C26H23NO3/c1-2-25(30-24-15-12-19-8-6-7-9-20(19)18-24)26(28)27-21-13-16-23(17-14-21)29-22-10-4-3-5-11-22/h3-18,25H,2H2,1H3,(H,27,28). The van der Waals surface area contributed by atoms with Crippen molar-refractivity contribution in [3.05, 3.63) is 97.1 Å². The van der Waals surface area contributed by atoms with Gasteiger partial charge in [-0.2, -0.15) is 0 Å². The van der Waals surface area contributed by atoms with Gasteiger partial charge >= 0.3 is 0 Å². The van der Waals surface area contributed by atoms with Crippen molar-refractivity contribution in [2.45, 2.75) is 19.4 Å². The Hall–Kier alpha value is -3.79. The summed E-state index contributed by atoms with van der Waals surface area (Å²) in [6.07, 6.45) is -0.0140. The van der Waals surface area contributed by atoms with Crippen LogP contribution >= 0.6 is 0 Å². The first-order chi connectivity index (χ1) is 14.7. The lowest BCUT2D eigenvalue weighted by atomic mass is 10.1. The molecule has 4 heteroatoms. The topological polar surface area (TPSA) is 47.6 Å². The number of hydrogen-bond acceptors (Lipinski definition) is 3. The SMILES string of the molecule is CCC(Oc1ccc2ccccc2c1)C(=O)Nc1ccc(Oc2ccccc2)cc1. The van der Waals surface area contributed by atoms with Gasteiger partial charge in [0.2, 0.25) is 0 Å². The summed E-state index contributed by atoms with van der Waals surface area (Å²) in [5, 5.41) is 5.14. The zero-order chi connectivity index (χ0) is 20.8. The zero-order valence-corrected chi connectivity index (χ0v) is 16.7. The van der Waals surface area contributed by atoms with E-state index in [1.165, 1.54) is 0 Å². The van der Waals surface area contributed by atoms with Crippen LogP contribution < -0.4 is 14.8 Å². The first-order valence-electron chi connectivity index (χ1n) is 10.0. The van der Waals surface area contributed by atoms with Gasteiger partial charge in [-0.25, -0.2) is 0 Å². The number of carbonyl (C=O) groups excluding carboxylic acids is 1. The highest BCUT2D eigenvalue weighted by atomic mass is 16.5. The Kier molecular flexibility index (Phi) is 5.95. The van der Waals surface area contributed by atoms with Gasteiger partial charge in [0.15, 0.2) is 6.10 Å². The highest BCUT2D eigenvalue weighted by Crippen LogP contribution is 2.24. The third-order valence-corrected chi connectivity index (χ3v) is 4.76. The predicted octanol–water partition coefficient (Wildman–Crippen LogP) is 6.43. The number of benzene rings is 4. The molecule has 0 radical (unpaired) electrons. The molecule has 0 aromatic heterocycles. The highest BCUT2D eigenvalue weighted by Gasteiger charge is 2.18. The first kappa shape index (κ1) is 19.5. The summed E-state index contributed by atoms with van der Waals surface area (Å²) < 4.78 is 11.8. The number of anilines is 1. The van der Waals surface area contributed by atoms with Gasteiger partial charge < -0.3 is 14.8 Å². The van der Waals surface area contributed by atoms with Crippen LogP contribution in [-0.4, -0.2) is 12.0 Å². The van der Waals surface area contributed by atoms with Crippen molar-refractivity contribution in [2.24, 2.45) is 0 Å². The van der Waals surface area contributed by atoms with Crippen LogP contribution in [0.15, 0.2) is 97.1 Å². The molecule has 0 spiro atoms. The third-order valence-electron chi connectivity index (χ3n) is 4.76. The average Bonchev–Trinajstić information content (AvgIpc) is 2.79. The van der Waals surface area contributed by atoms with Crippen molar-refractivity contribution < 1.29 is 14.3 Å². The molecule has 4 rings (SSSR count). The van der Waals surface area contributed by atoms with E-state index in [9.17, 15) is 4.79 Å². The van der Waals surface area contributed by atoms with Crippen molar-refractivity contribution in [1.29, 1.82) is 0 Å². The van der Waals surface area contributed by atoms with Crippen molar-refractivity contribution in [1.82, 2.24) is 0 Å². The number of carbonyl (C=O) groups is 1. The van der Waals surface area contributed by atoms with Gasteiger partial charge in [-0.05, 0) is 65.7 Å². The number of fused-ring (bicyclic) bond motifs is 1. The number of rotatable bonds is 7. The fraction of sp³-hybridized carbons (Fsp3) is 0.115. The van der Waals surface area contributed by atoms with E-state index >= 15 is 0 Å². The lowest BCUT2D eigenvalue weighted by Crippen LogP contribution is -2.32. The summed E-state index contributed by atoms with van der Waals surface area (Å²) in [6, 6.07) is 30.8. The Balaban J connectivity index is 1.39. The Morgan fingerprint density at radius 3 is 2.13 bits per heavy atom. The first-order valence-corrected chi connectivity index (χ1v) is 10.0. The Morgan fingerprint density at radius 1 is 0.767 bits per heavy atom. The minimum Gasteiger partial charge on any atom is -0.481 e. The molecule has 1 amide bonds. The minimum absolute atomic E-state index is 0.178. The van der Waals surface area contributed by atoms with Gasteiger partial charge in [-0.3, -0.25) is 4.79 Å². The largest absolute Gasteiger partial charge is 0.481 e. The van der Waals surface area contributed by atoms with Crippen LogP contribution in [0.3, 0.4) is 0 Å². The van der Waals surface area contributed by atoms with E-state index in [2.05, 4.69) is 5.32 Å². The fourth-order valence-electron chi connectivity index (χ4n) is 3.18. The molecule has 0 aliphatic carbocycles. The number of hydrogen-bond donors (Lipinski definition) is 1. The molecule has 0 saturated carbocycles. The van der Waals surface area contributed by atoms with Crippen molar-refractivity contribution in [3.8, 4) is 17.2 Å². The van der Waals surface area contributed by atoms with E-state index in [1.807, 2.05) is 104 Å². The van der Waals surface area contributed by atoms with Crippen LogP contribution in [0.25, 0.3) is 10.8 Å². The number of para-hydroxylation sites is 1. The highest BCUT2D eigenvalue weighted by molar-refractivity contribution is 5.94. The van der Waals surface area contributed by atoms with Gasteiger partial charge in [-0.15, -0.1) is 0 Å². The van der Waals surface area contributed by atoms with Crippen molar-refractivity contribution in [3.63, 3.8) is 0 Å². The maximum atomic E-state index is 12.7. The molecule has 1 atom stereocenters. The molecule has 0 aliphatic rings. The normalized spacial score (nSPS) is 11.6. The molecule has 4 aromatic carbocycles. The Bertz CT molecular complexity index is 1120. The van der Waals surface area contributed by atoms with Crippen LogP contribution in [0.1, 0.15) is 13.3 Å². The molecule has 1 N–H and O–H groups in total. The molecule has 0 bridgehead atoms. The van der Waals surface area contributed by atoms with Gasteiger partial charge in [0, 0.05) is 5.69 Å². The lowest BCUT2D eigenvalue weighted by molar-refractivity contribution is -0.122. The number of nitrogens with one attached hydrogen (secondary N) is 1. The van der Waals surface area contributed by atoms with Crippen LogP contribution in [0.2, 0.25) is 0 Å². The Labute approximate surface area is 176 Å². The Morgan fingerprint density at radius 2 is 1.40 bits per heavy atom. The predicted molar refractivity (Wildman–Crippen MR) is 120 cm³/mol. The molecule has 0 saturated heterocycles. The summed E-state index contributed by atoms with van der Waals surface area (Å²) in [7, 11) is 0. The molecule has 150 valence electrons. The van der Waals surface area contributed by atoms with Gasteiger partial charge in [0.1, 0.15) is 17.2 Å². The smallest absolute Gasteiger partial charge is 0.265 e. The molecule has 1 unspecified atom stereocenters. The van der Waals surface area contributed by atoms with Crippen LogP contribution in [-0.2, 0) is 4.79 Å². The quantitative estimate of drug-likeness (QED) is 0.391. The maximum Gasteiger partial charge on any atom is 0.265 e. The van der Waals surface area contributed by atoms with E-state index in [0.717, 1.165) is 16.5 Å². The zero-order valence-electron chi connectivity index (χ0n) is 16.7. The van der Waals surface area contributed by atoms with Crippen molar-refractivity contribution in [2.75, 3.05) is 5.32 Å². The van der Waals surface area contributed by atoms with Crippen LogP contribution in [0.4, 0.5) is 5.69 Å². The second kappa shape index (κ2) is 9.14.